The lowest BCUT2D eigenvalue weighted by atomic mass is 10.0. The highest BCUT2D eigenvalue weighted by atomic mass is 35.5. The summed E-state index contributed by atoms with van der Waals surface area (Å²) in [5, 5.41) is 4.89. The van der Waals surface area contributed by atoms with Gasteiger partial charge in [0.15, 0.2) is 5.82 Å². The molecule has 0 spiro atoms. The molecule has 4 aromatic rings. The third-order valence-electron chi connectivity index (χ3n) is 6.16. The number of nitrogens with one attached hydrogen (secondary N) is 1. The maximum Gasteiger partial charge on any atom is 0.475 e. The van der Waals surface area contributed by atoms with Crippen LogP contribution in [0.15, 0.2) is 48.5 Å². The number of para-hydroxylation sites is 1. The first-order valence-corrected chi connectivity index (χ1v) is 13.8. The van der Waals surface area contributed by atoms with Crippen LogP contribution < -0.4 is 11.1 Å². The number of nitrogens with two attached hydrogens (primary N) is 1. The van der Waals surface area contributed by atoms with Gasteiger partial charge in [-0.2, -0.15) is 0 Å². The van der Waals surface area contributed by atoms with Crippen LogP contribution in [-0.2, 0) is 31.2 Å². The quantitative estimate of drug-likeness (QED) is 0.297. The molecule has 3 N–H and O–H groups in total. The standard InChI is InChI=1S/C25H29ClN5O4P/c1-3-28-12-22-30-23-24(20-9-4-5-10-21(20)29-25(23)27)31(22)13-16(2)35-36(32)33-14-18(15-34-36)17-7-6-8-19(26)11-17/h4-11,16,18,28H,3,12-15H2,1-2H3,(H2,27,29). The number of halogens is 1. The molecule has 1 fully saturated rings. The van der Waals surface area contributed by atoms with E-state index in [2.05, 4.69) is 10.3 Å². The Morgan fingerprint density at radius 3 is 2.75 bits per heavy atom. The monoisotopic (exact) mass is 529 g/mol. The van der Waals surface area contributed by atoms with E-state index in [0.717, 1.165) is 34.4 Å². The molecule has 0 aliphatic carbocycles. The van der Waals surface area contributed by atoms with Crippen molar-refractivity contribution in [1.29, 1.82) is 0 Å². The normalized spacial score (nSPS) is 21.2. The van der Waals surface area contributed by atoms with Gasteiger partial charge >= 0.3 is 7.82 Å². The summed E-state index contributed by atoms with van der Waals surface area (Å²) < 4.78 is 32.4. The molecule has 0 radical (unpaired) electrons. The molecule has 5 rings (SSSR count). The summed E-state index contributed by atoms with van der Waals surface area (Å²) in [4.78, 5) is 9.30. The number of benzene rings is 2. The van der Waals surface area contributed by atoms with E-state index in [1.165, 1.54) is 0 Å². The molecule has 9 nitrogen and oxygen atoms in total. The van der Waals surface area contributed by atoms with Crippen LogP contribution in [-0.4, -0.2) is 40.4 Å². The van der Waals surface area contributed by atoms with Crippen LogP contribution in [0.5, 0.6) is 0 Å². The average molecular weight is 530 g/mol. The second kappa shape index (κ2) is 10.5. The van der Waals surface area contributed by atoms with Crippen molar-refractivity contribution in [3.63, 3.8) is 0 Å². The van der Waals surface area contributed by atoms with Gasteiger partial charge in [0.25, 0.3) is 0 Å². The summed E-state index contributed by atoms with van der Waals surface area (Å²) in [6.45, 7) is 6.01. The Kier molecular flexibility index (Phi) is 7.30. The Hall–Kier alpha value is -2.52. The highest BCUT2D eigenvalue weighted by Gasteiger charge is 2.36. The summed E-state index contributed by atoms with van der Waals surface area (Å²) >= 11 is 6.10. The van der Waals surface area contributed by atoms with Crippen molar-refractivity contribution in [2.75, 3.05) is 25.5 Å². The molecule has 2 aromatic heterocycles. The summed E-state index contributed by atoms with van der Waals surface area (Å²) in [6, 6.07) is 15.3. The van der Waals surface area contributed by atoms with Crippen molar-refractivity contribution in [1.82, 2.24) is 19.9 Å². The molecule has 0 bridgehead atoms. The van der Waals surface area contributed by atoms with Crippen LogP contribution in [0.2, 0.25) is 5.02 Å². The fourth-order valence-corrected chi connectivity index (χ4v) is 6.07. The van der Waals surface area contributed by atoms with E-state index in [9.17, 15) is 4.57 Å². The Bertz CT molecular complexity index is 1430. The minimum Gasteiger partial charge on any atom is -0.382 e. The topological polar surface area (TPSA) is 114 Å². The molecule has 0 amide bonds. The molecule has 1 aliphatic rings. The first-order valence-electron chi connectivity index (χ1n) is 11.9. The van der Waals surface area contributed by atoms with Gasteiger partial charge in [0.05, 0.1) is 43.4 Å². The highest BCUT2D eigenvalue weighted by Crippen LogP contribution is 2.54. The number of anilines is 1. The van der Waals surface area contributed by atoms with E-state index in [-0.39, 0.29) is 19.1 Å². The van der Waals surface area contributed by atoms with Crippen molar-refractivity contribution in [2.24, 2.45) is 0 Å². The van der Waals surface area contributed by atoms with Gasteiger partial charge in [-0.1, -0.05) is 48.9 Å². The molecule has 190 valence electrons. The lowest BCUT2D eigenvalue weighted by molar-refractivity contribution is 0.0386. The third-order valence-corrected chi connectivity index (χ3v) is 7.94. The van der Waals surface area contributed by atoms with E-state index >= 15 is 0 Å². The molecular formula is C25H29ClN5O4P. The van der Waals surface area contributed by atoms with Gasteiger partial charge in [-0.05, 0) is 37.2 Å². The Morgan fingerprint density at radius 1 is 1.22 bits per heavy atom. The number of hydrogen-bond donors (Lipinski definition) is 2. The van der Waals surface area contributed by atoms with Gasteiger partial charge in [-0.15, -0.1) is 0 Å². The molecule has 36 heavy (non-hydrogen) atoms. The molecule has 0 saturated carbocycles. The van der Waals surface area contributed by atoms with Gasteiger partial charge in [0, 0.05) is 16.3 Å². The maximum atomic E-state index is 13.2. The number of nitrogen functional groups attached to an aromatic ring is 1. The summed E-state index contributed by atoms with van der Waals surface area (Å²) in [7, 11) is -3.73. The first kappa shape index (κ1) is 25.1. The summed E-state index contributed by atoms with van der Waals surface area (Å²) in [6.07, 6.45) is -0.496. The van der Waals surface area contributed by atoms with Gasteiger partial charge in [0.1, 0.15) is 11.3 Å². The predicted molar refractivity (Wildman–Crippen MR) is 141 cm³/mol. The van der Waals surface area contributed by atoms with Gasteiger partial charge < -0.3 is 15.6 Å². The average Bonchev–Trinajstić information content (AvgIpc) is 3.21. The molecule has 1 aliphatic heterocycles. The molecule has 11 heteroatoms. The van der Waals surface area contributed by atoms with Crippen LogP contribution in [0.4, 0.5) is 5.82 Å². The zero-order valence-electron chi connectivity index (χ0n) is 20.2. The van der Waals surface area contributed by atoms with Crippen molar-refractivity contribution in [3.8, 4) is 0 Å². The Labute approximate surface area is 214 Å². The Morgan fingerprint density at radius 2 is 2.00 bits per heavy atom. The summed E-state index contributed by atoms with van der Waals surface area (Å²) in [5.41, 5.74) is 9.53. The molecule has 1 atom stereocenters. The Balaban J connectivity index is 1.38. The number of nitrogens with zero attached hydrogens (tertiary/aromatic N) is 3. The van der Waals surface area contributed by atoms with Crippen molar-refractivity contribution in [3.05, 3.63) is 64.9 Å². The smallest absolute Gasteiger partial charge is 0.382 e. The number of pyridine rings is 1. The summed E-state index contributed by atoms with van der Waals surface area (Å²) in [5.74, 6) is 1.08. The van der Waals surface area contributed by atoms with Gasteiger partial charge in [-0.25, -0.2) is 14.5 Å². The highest BCUT2D eigenvalue weighted by molar-refractivity contribution is 7.48. The van der Waals surface area contributed by atoms with Crippen molar-refractivity contribution < 1.29 is 18.1 Å². The number of aromatic nitrogens is 3. The van der Waals surface area contributed by atoms with Crippen LogP contribution in [0.3, 0.4) is 0 Å². The van der Waals surface area contributed by atoms with Crippen molar-refractivity contribution >= 4 is 47.2 Å². The molecule has 3 heterocycles. The molecule has 2 aromatic carbocycles. The van der Waals surface area contributed by atoms with E-state index in [1.54, 1.807) is 0 Å². The fraction of sp³-hybridized carbons (Fsp3) is 0.360. The maximum absolute atomic E-state index is 13.2. The molecule has 1 saturated heterocycles. The van der Waals surface area contributed by atoms with Crippen LogP contribution in [0.25, 0.3) is 21.9 Å². The fourth-order valence-electron chi connectivity index (χ4n) is 4.45. The van der Waals surface area contributed by atoms with Gasteiger partial charge in [0.2, 0.25) is 0 Å². The number of phosphoric ester groups is 1. The second-order valence-electron chi connectivity index (χ2n) is 8.84. The zero-order valence-corrected chi connectivity index (χ0v) is 21.8. The third kappa shape index (κ3) is 5.13. The van der Waals surface area contributed by atoms with Gasteiger partial charge in [-0.3, -0.25) is 13.6 Å². The van der Waals surface area contributed by atoms with E-state index in [1.807, 2.05) is 66.9 Å². The number of phosphoric acid groups is 1. The SMILES string of the molecule is CCNCc1nc2c(N)nc3ccccc3c2n1CC(C)OP1(=O)OCC(c2cccc(Cl)c2)CO1. The number of hydrogen-bond acceptors (Lipinski definition) is 8. The second-order valence-corrected chi connectivity index (χ2v) is 10.9. The van der Waals surface area contributed by atoms with E-state index in [4.69, 9.17) is 35.9 Å². The lowest BCUT2D eigenvalue weighted by Gasteiger charge is -2.30. The minimum atomic E-state index is -3.73. The molecule has 1 unspecified atom stereocenters. The number of rotatable bonds is 8. The van der Waals surface area contributed by atoms with Crippen LogP contribution in [0.1, 0.15) is 31.2 Å². The van der Waals surface area contributed by atoms with Crippen LogP contribution in [0, 0.1) is 0 Å². The van der Waals surface area contributed by atoms with E-state index < -0.39 is 13.9 Å². The molecular weight excluding hydrogens is 501 g/mol. The van der Waals surface area contributed by atoms with Crippen molar-refractivity contribution in [2.45, 2.75) is 39.0 Å². The van der Waals surface area contributed by atoms with Crippen LogP contribution >= 0.6 is 19.4 Å². The largest absolute Gasteiger partial charge is 0.475 e. The lowest BCUT2D eigenvalue weighted by Crippen LogP contribution is -2.25. The number of fused-ring (bicyclic) bond motifs is 3. The zero-order chi connectivity index (χ0) is 25.3. The minimum absolute atomic E-state index is 0.0733. The van der Waals surface area contributed by atoms with E-state index in [0.29, 0.717) is 29.4 Å². The number of imidazole rings is 1. The first-order chi connectivity index (χ1) is 17.4. The predicted octanol–water partition coefficient (Wildman–Crippen LogP) is 5.27.